The minimum Gasteiger partial charge on any atom is -0.304 e. The molecule has 0 atom stereocenters. The van der Waals surface area contributed by atoms with Crippen LogP contribution >= 0.6 is 11.3 Å². The van der Waals surface area contributed by atoms with Crippen LogP contribution in [0.4, 0.5) is 14.5 Å². The summed E-state index contributed by atoms with van der Waals surface area (Å²) in [7, 11) is -3.31. The standard InChI is InChI=1S/C21H26F2N2O3S2/c1-2-3-13-30(27,28)24-10-8-16(9-11-24)21(26)25(15-18-5-4-12-29-18)20-7-6-17(22)14-19(20)23/h4-7,12,14,16H,2-3,8-11,13,15H2,1H3. The molecule has 1 aromatic carbocycles. The van der Waals surface area contributed by atoms with Crippen molar-refractivity contribution in [2.24, 2.45) is 5.92 Å². The predicted octanol–water partition coefficient (Wildman–Crippen LogP) is 4.40. The molecule has 0 aliphatic carbocycles. The maximum absolute atomic E-state index is 14.5. The second-order valence-corrected chi connectivity index (χ2v) is 10.6. The highest BCUT2D eigenvalue weighted by Gasteiger charge is 2.34. The minimum atomic E-state index is -3.31. The van der Waals surface area contributed by atoms with Crippen LogP contribution in [-0.2, 0) is 21.4 Å². The van der Waals surface area contributed by atoms with Gasteiger partial charge in [-0.15, -0.1) is 11.3 Å². The molecular weight excluding hydrogens is 430 g/mol. The monoisotopic (exact) mass is 456 g/mol. The molecule has 5 nitrogen and oxygen atoms in total. The maximum atomic E-state index is 14.5. The van der Waals surface area contributed by atoms with Crippen LogP contribution < -0.4 is 4.90 Å². The fourth-order valence-electron chi connectivity index (χ4n) is 3.60. The molecule has 0 unspecified atom stereocenters. The Bertz CT molecular complexity index is 957. The smallest absolute Gasteiger partial charge is 0.230 e. The zero-order chi connectivity index (χ0) is 21.7. The summed E-state index contributed by atoms with van der Waals surface area (Å²) in [5, 5.41) is 1.87. The van der Waals surface area contributed by atoms with Crippen LogP contribution in [0.1, 0.15) is 37.5 Å². The van der Waals surface area contributed by atoms with Crippen molar-refractivity contribution in [2.75, 3.05) is 23.7 Å². The van der Waals surface area contributed by atoms with Gasteiger partial charge in [0.15, 0.2) is 0 Å². The Morgan fingerprint density at radius 2 is 1.97 bits per heavy atom. The van der Waals surface area contributed by atoms with Crippen molar-refractivity contribution in [3.8, 4) is 0 Å². The van der Waals surface area contributed by atoms with E-state index in [0.29, 0.717) is 19.3 Å². The molecule has 1 saturated heterocycles. The van der Waals surface area contributed by atoms with E-state index < -0.39 is 27.6 Å². The van der Waals surface area contributed by atoms with Gasteiger partial charge >= 0.3 is 0 Å². The second kappa shape index (κ2) is 9.98. The van der Waals surface area contributed by atoms with Gasteiger partial charge in [-0.3, -0.25) is 4.79 Å². The molecule has 0 radical (unpaired) electrons. The summed E-state index contributed by atoms with van der Waals surface area (Å²) in [6.07, 6.45) is 2.18. The topological polar surface area (TPSA) is 57.7 Å². The number of carbonyl (C=O) groups is 1. The van der Waals surface area contributed by atoms with Crippen LogP contribution in [0.15, 0.2) is 35.7 Å². The van der Waals surface area contributed by atoms with Gasteiger partial charge in [0.05, 0.1) is 18.0 Å². The summed E-state index contributed by atoms with van der Waals surface area (Å²) >= 11 is 1.45. The second-order valence-electron chi connectivity index (χ2n) is 7.44. The molecule has 1 amide bonds. The van der Waals surface area contributed by atoms with Crippen molar-refractivity contribution in [3.05, 3.63) is 52.2 Å². The molecule has 2 aromatic rings. The summed E-state index contributed by atoms with van der Waals surface area (Å²) < 4.78 is 54.1. The Labute approximate surface area is 180 Å². The van der Waals surface area contributed by atoms with Crippen LogP contribution in [-0.4, -0.2) is 37.5 Å². The average Bonchev–Trinajstić information content (AvgIpc) is 3.24. The molecule has 2 heterocycles. The Morgan fingerprint density at radius 3 is 2.57 bits per heavy atom. The Hall–Kier alpha value is -1.84. The highest BCUT2D eigenvalue weighted by atomic mass is 32.2. The molecule has 1 aromatic heterocycles. The summed E-state index contributed by atoms with van der Waals surface area (Å²) in [6.45, 7) is 2.69. The highest BCUT2D eigenvalue weighted by Crippen LogP contribution is 2.29. The number of rotatable bonds is 8. The van der Waals surface area contributed by atoms with Crippen molar-refractivity contribution in [1.82, 2.24) is 4.31 Å². The van der Waals surface area contributed by atoms with Gasteiger partial charge in [0.25, 0.3) is 0 Å². The number of sulfonamides is 1. The van der Waals surface area contributed by atoms with Gasteiger partial charge in [-0.05, 0) is 42.8 Å². The third kappa shape index (κ3) is 5.44. The molecule has 0 N–H and O–H groups in total. The maximum Gasteiger partial charge on any atom is 0.230 e. The largest absolute Gasteiger partial charge is 0.304 e. The van der Waals surface area contributed by atoms with Crippen LogP contribution in [0.25, 0.3) is 0 Å². The number of amides is 1. The lowest BCUT2D eigenvalue weighted by atomic mass is 9.96. The number of hydrogen-bond acceptors (Lipinski definition) is 4. The Balaban J connectivity index is 1.75. The SMILES string of the molecule is CCCCS(=O)(=O)N1CCC(C(=O)N(Cc2cccs2)c2ccc(F)cc2F)CC1. The van der Waals surface area contributed by atoms with Crippen molar-refractivity contribution in [2.45, 2.75) is 39.2 Å². The third-order valence-corrected chi connectivity index (χ3v) is 8.13. The zero-order valence-corrected chi connectivity index (χ0v) is 18.5. The summed E-state index contributed by atoms with van der Waals surface area (Å²) in [5.41, 5.74) is 0.0350. The van der Waals surface area contributed by atoms with Gasteiger partial charge < -0.3 is 4.90 Å². The molecule has 0 bridgehead atoms. The van der Waals surface area contributed by atoms with E-state index in [4.69, 9.17) is 0 Å². The van der Waals surface area contributed by atoms with Gasteiger partial charge in [-0.2, -0.15) is 0 Å². The van der Waals surface area contributed by atoms with Gasteiger partial charge in [-0.1, -0.05) is 19.4 Å². The first-order valence-electron chi connectivity index (χ1n) is 10.1. The van der Waals surface area contributed by atoms with Crippen LogP contribution in [0.5, 0.6) is 0 Å². The summed E-state index contributed by atoms with van der Waals surface area (Å²) in [5.74, 6) is -2.05. The van der Waals surface area contributed by atoms with E-state index in [1.165, 1.54) is 26.6 Å². The van der Waals surface area contributed by atoms with Gasteiger partial charge in [0.1, 0.15) is 11.6 Å². The van der Waals surface area contributed by atoms with Crippen molar-refractivity contribution in [1.29, 1.82) is 0 Å². The van der Waals surface area contributed by atoms with Gasteiger partial charge in [-0.25, -0.2) is 21.5 Å². The first-order valence-corrected chi connectivity index (χ1v) is 12.6. The predicted molar refractivity (Wildman–Crippen MR) is 115 cm³/mol. The number of anilines is 1. The van der Waals surface area contributed by atoms with E-state index in [1.807, 2.05) is 24.4 Å². The molecule has 0 saturated carbocycles. The molecular formula is C21H26F2N2O3S2. The number of nitrogens with zero attached hydrogens (tertiary/aromatic N) is 2. The normalized spacial score (nSPS) is 16.0. The van der Waals surface area contributed by atoms with Crippen LogP contribution in [0.2, 0.25) is 0 Å². The minimum absolute atomic E-state index is 0.0350. The molecule has 164 valence electrons. The van der Waals surface area contributed by atoms with E-state index in [2.05, 4.69) is 0 Å². The number of halogens is 2. The number of piperidine rings is 1. The molecule has 30 heavy (non-hydrogen) atoms. The van der Waals surface area contributed by atoms with Gasteiger partial charge in [0, 0.05) is 30.0 Å². The molecule has 0 spiro atoms. The van der Waals surface area contributed by atoms with Gasteiger partial charge in [0.2, 0.25) is 15.9 Å². The van der Waals surface area contributed by atoms with E-state index in [9.17, 15) is 22.0 Å². The van der Waals surface area contributed by atoms with E-state index in [-0.39, 0.29) is 37.0 Å². The van der Waals surface area contributed by atoms with E-state index >= 15 is 0 Å². The Kier molecular flexibility index (Phi) is 7.60. The summed E-state index contributed by atoms with van der Waals surface area (Å²) in [4.78, 5) is 15.5. The van der Waals surface area contributed by atoms with E-state index in [0.717, 1.165) is 23.4 Å². The lowest BCUT2D eigenvalue weighted by Gasteiger charge is -2.33. The molecule has 3 rings (SSSR count). The average molecular weight is 457 g/mol. The number of unbranched alkanes of at least 4 members (excludes halogenated alkanes) is 1. The number of carbonyl (C=O) groups excluding carboxylic acids is 1. The van der Waals surface area contributed by atoms with Crippen molar-refractivity contribution < 1.29 is 22.0 Å². The molecule has 1 aliphatic rings. The van der Waals surface area contributed by atoms with Crippen LogP contribution in [0, 0.1) is 17.6 Å². The molecule has 1 aliphatic heterocycles. The highest BCUT2D eigenvalue weighted by molar-refractivity contribution is 7.89. The quantitative estimate of drug-likeness (QED) is 0.592. The third-order valence-electron chi connectivity index (χ3n) is 5.31. The lowest BCUT2D eigenvalue weighted by molar-refractivity contribution is -0.123. The lowest BCUT2D eigenvalue weighted by Crippen LogP contribution is -2.45. The summed E-state index contributed by atoms with van der Waals surface area (Å²) in [6, 6.07) is 6.89. The van der Waals surface area contributed by atoms with Crippen molar-refractivity contribution >= 4 is 33.0 Å². The fraction of sp³-hybridized carbons (Fsp3) is 0.476. The number of hydrogen-bond donors (Lipinski definition) is 0. The Morgan fingerprint density at radius 1 is 1.23 bits per heavy atom. The fourth-order valence-corrected chi connectivity index (χ4v) is 5.97. The zero-order valence-electron chi connectivity index (χ0n) is 16.9. The molecule has 9 heteroatoms. The first kappa shape index (κ1) is 22.8. The number of benzene rings is 1. The van der Waals surface area contributed by atoms with Crippen LogP contribution in [0.3, 0.4) is 0 Å². The van der Waals surface area contributed by atoms with Crippen molar-refractivity contribution in [3.63, 3.8) is 0 Å². The first-order chi connectivity index (χ1) is 14.3. The van der Waals surface area contributed by atoms with E-state index in [1.54, 1.807) is 0 Å². The number of thiophene rings is 1. The molecule has 1 fully saturated rings.